The van der Waals surface area contributed by atoms with Crippen LogP contribution in [0.4, 0.5) is 5.69 Å². The third kappa shape index (κ3) is 2.74. The zero-order valence-corrected chi connectivity index (χ0v) is 10.3. The van der Waals surface area contributed by atoms with E-state index in [4.69, 9.17) is 15.4 Å². The second-order valence-corrected chi connectivity index (χ2v) is 3.95. The first-order valence-electron chi connectivity index (χ1n) is 5.55. The van der Waals surface area contributed by atoms with Gasteiger partial charge in [0.2, 0.25) is 0 Å². The van der Waals surface area contributed by atoms with E-state index in [1.165, 1.54) is 6.26 Å². The highest BCUT2D eigenvalue weighted by atomic mass is 16.4. The zero-order valence-electron chi connectivity index (χ0n) is 10.3. The molecule has 2 rings (SSSR count). The van der Waals surface area contributed by atoms with Crippen LogP contribution >= 0.6 is 0 Å². The molecule has 1 amide bonds. The number of carbonyl (C=O) groups is 1. The molecule has 4 N–H and O–H groups in total. The van der Waals surface area contributed by atoms with Gasteiger partial charge in [-0.1, -0.05) is 5.16 Å². The molecule has 19 heavy (non-hydrogen) atoms. The highest BCUT2D eigenvalue weighted by Gasteiger charge is 2.12. The van der Waals surface area contributed by atoms with Crippen LogP contribution in [0.15, 0.2) is 46.2 Å². The van der Waals surface area contributed by atoms with E-state index in [0.29, 0.717) is 11.3 Å². The number of nitrogens with one attached hydrogen (secondary N) is 1. The Balaban J connectivity index is 2.12. The maximum Gasteiger partial charge on any atom is 0.291 e. The van der Waals surface area contributed by atoms with Crippen molar-refractivity contribution in [3.05, 3.63) is 53.5 Å². The molecule has 0 fully saturated rings. The molecule has 0 aliphatic heterocycles. The molecule has 0 aliphatic carbocycles. The van der Waals surface area contributed by atoms with E-state index in [1.807, 2.05) is 0 Å². The SMILES string of the molecule is Cc1ccoc1C(=O)Nc1ccc(/C(N)=N/O)cc1. The number of benzene rings is 1. The van der Waals surface area contributed by atoms with Gasteiger partial charge in [-0.2, -0.15) is 0 Å². The quantitative estimate of drug-likeness (QED) is 0.339. The number of nitrogens with two attached hydrogens (primary N) is 1. The fraction of sp³-hybridized carbons (Fsp3) is 0.0769. The van der Waals surface area contributed by atoms with Gasteiger partial charge in [-0.05, 0) is 37.3 Å². The number of nitrogens with zero attached hydrogens (tertiary/aromatic N) is 1. The van der Waals surface area contributed by atoms with Crippen molar-refractivity contribution in [2.45, 2.75) is 6.92 Å². The van der Waals surface area contributed by atoms with Gasteiger partial charge in [0.15, 0.2) is 11.6 Å². The van der Waals surface area contributed by atoms with E-state index in [9.17, 15) is 4.79 Å². The number of aryl methyl sites for hydroxylation is 1. The standard InChI is InChI=1S/C13H13N3O3/c1-8-6-7-19-11(8)13(17)15-10-4-2-9(3-5-10)12(14)16-18/h2-7,18H,1H3,(H2,14,16)(H,15,17). The number of hydrogen-bond acceptors (Lipinski definition) is 4. The van der Waals surface area contributed by atoms with Crippen molar-refractivity contribution in [1.29, 1.82) is 0 Å². The minimum atomic E-state index is -0.320. The first-order valence-corrected chi connectivity index (χ1v) is 5.55. The maximum atomic E-state index is 11.9. The normalized spacial score (nSPS) is 11.3. The second kappa shape index (κ2) is 5.26. The Hall–Kier alpha value is -2.76. The lowest BCUT2D eigenvalue weighted by molar-refractivity contribution is 0.0996. The van der Waals surface area contributed by atoms with Crippen molar-refractivity contribution in [3.63, 3.8) is 0 Å². The summed E-state index contributed by atoms with van der Waals surface area (Å²) in [6.07, 6.45) is 1.46. The summed E-state index contributed by atoms with van der Waals surface area (Å²) >= 11 is 0. The molecule has 0 unspecified atom stereocenters. The van der Waals surface area contributed by atoms with Gasteiger partial charge in [-0.25, -0.2) is 0 Å². The summed E-state index contributed by atoms with van der Waals surface area (Å²) in [5.41, 5.74) is 7.37. The first-order chi connectivity index (χ1) is 9.11. The first kappa shape index (κ1) is 12.7. The predicted molar refractivity (Wildman–Crippen MR) is 70.4 cm³/mol. The van der Waals surface area contributed by atoms with Crippen LogP contribution in [0.25, 0.3) is 0 Å². The number of rotatable bonds is 3. The van der Waals surface area contributed by atoms with E-state index in [1.54, 1.807) is 37.3 Å². The number of furan rings is 1. The van der Waals surface area contributed by atoms with Crippen molar-refractivity contribution >= 4 is 17.4 Å². The largest absolute Gasteiger partial charge is 0.459 e. The summed E-state index contributed by atoms with van der Waals surface area (Å²) in [7, 11) is 0. The molecule has 0 aliphatic rings. The van der Waals surface area contributed by atoms with Gasteiger partial charge < -0.3 is 20.7 Å². The van der Waals surface area contributed by atoms with E-state index < -0.39 is 0 Å². The molecule has 1 aromatic heterocycles. The molecule has 0 spiro atoms. The number of amidine groups is 1. The average Bonchev–Trinajstić information content (AvgIpc) is 2.85. The summed E-state index contributed by atoms with van der Waals surface area (Å²) in [5, 5.41) is 14.1. The van der Waals surface area contributed by atoms with Crippen LogP contribution in [-0.2, 0) is 0 Å². The van der Waals surface area contributed by atoms with Crippen molar-refractivity contribution in [1.82, 2.24) is 0 Å². The lowest BCUT2D eigenvalue weighted by Gasteiger charge is -2.05. The van der Waals surface area contributed by atoms with Crippen LogP contribution in [-0.4, -0.2) is 17.0 Å². The molecule has 0 saturated carbocycles. The summed E-state index contributed by atoms with van der Waals surface area (Å²) in [4.78, 5) is 11.9. The van der Waals surface area contributed by atoms with Crippen LogP contribution in [0.3, 0.4) is 0 Å². The third-order valence-electron chi connectivity index (χ3n) is 2.61. The van der Waals surface area contributed by atoms with Crippen molar-refractivity contribution < 1.29 is 14.4 Å². The molecule has 0 bridgehead atoms. The lowest BCUT2D eigenvalue weighted by atomic mass is 10.2. The molecular formula is C13H13N3O3. The van der Waals surface area contributed by atoms with E-state index in [0.717, 1.165) is 5.56 Å². The Labute approximate surface area is 109 Å². The second-order valence-electron chi connectivity index (χ2n) is 3.95. The fourth-order valence-electron chi connectivity index (χ4n) is 1.58. The van der Waals surface area contributed by atoms with Crippen LogP contribution in [0.5, 0.6) is 0 Å². The highest BCUT2D eigenvalue weighted by Crippen LogP contribution is 2.14. The van der Waals surface area contributed by atoms with Gasteiger partial charge >= 0.3 is 0 Å². The molecule has 6 nitrogen and oxygen atoms in total. The Morgan fingerprint density at radius 1 is 1.32 bits per heavy atom. The highest BCUT2D eigenvalue weighted by molar-refractivity contribution is 6.03. The number of anilines is 1. The molecule has 6 heteroatoms. The van der Waals surface area contributed by atoms with Crippen LogP contribution < -0.4 is 11.1 Å². The monoisotopic (exact) mass is 259 g/mol. The number of amides is 1. The predicted octanol–water partition coefficient (Wildman–Crippen LogP) is 1.93. The van der Waals surface area contributed by atoms with E-state index in [-0.39, 0.29) is 17.5 Å². The number of hydrogen-bond donors (Lipinski definition) is 3. The molecule has 1 heterocycles. The minimum Gasteiger partial charge on any atom is -0.459 e. The van der Waals surface area contributed by atoms with Gasteiger partial charge in [0.05, 0.1) is 6.26 Å². The molecule has 2 aromatic rings. The third-order valence-corrected chi connectivity index (χ3v) is 2.61. The van der Waals surface area contributed by atoms with Crippen molar-refractivity contribution in [3.8, 4) is 0 Å². The summed E-state index contributed by atoms with van der Waals surface area (Å²) in [5.74, 6) is -0.0284. The molecule has 0 atom stereocenters. The summed E-state index contributed by atoms with van der Waals surface area (Å²) in [6, 6.07) is 8.31. The minimum absolute atomic E-state index is 0.0137. The number of oxime groups is 1. The molecular weight excluding hydrogens is 246 g/mol. The molecule has 1 aromatic carbocycles. The van der Waals surface area contributed by atoms with Gasteiger partial charge in [-0.15, -0.1) is 0 Å². The van der Waals surface area contributed by atoms with Gasteiger partial charge in [-0.3, -0.25) is 4.79 Å². The van der Waals surface area contributed by atoms with Gasteiger partial charge in [0.1, 0.15) is 0 Å². The maximum absolute atomic E-state index is 11.9. The zero-order chi connectivity index (χ0) is 13.8. The van der Waals surface area contributed by atoms with E-state index in [2.05, 4.69) is 10.5 Å². The Bertz CT molecular complexity index is 614. The lowest BCUT2D eigenvalue weighted by Crippen LogP contribution is -2.14. The van der Waals surface area contributed by atoms with Crippen LogP contribution in [0.2, 0.25) is 0 Å². The smallest absolute Gasteiger partial charge is 0.291 e. The molecule has 0 radical (unpaired) electrons. The Morgan fingerprint density at radius 2 is 2.00 bits per heavy atom. The fourth-order valence-corrected chi connectivity index (χ4v) is 1.58. The Kier molecular flexibility index (Phi) is 3.51. The summed E-state index contributed by atoms with van der Waals surface area (Å²) in [6.45, 7) is 1.79. The van der Waals surface area contributed by atoms with E-state index >= 15 is 0 Å². The van der Waals surface area contributed by atoms with Crippen LogP contribution in [0, 0.1) is 6.92 Å². The van der Waals surface area contributed by atoms with Gasteiger partial charge in [0, 0.05) is 16.8 Å². The molecule has 0 saturated heterocycles. The molecule has 98 valence electrons. The van der Waals surface area contributed by atoms with Crippen LogP contribution in [0.1, 0.15) is 21.7 Å². The summed E-state index contributed by atoms with van der Waals surface area (Å²) < 4.78 is 5.09. The van der Waals surface area contributed by atoms with Crippen molar-refractivity contribution in [2.75, 3.05) is 5.32 Å². The topological polar surface area (TPSA) is 101 Å². The van der Waals surface area contributed by atoms with Gasteiger partial charge in [0.25, 0.3) is 5.91 Å². The average molecular weight is 259 g/mol. The Morgan fingerprint density at radius 3 is 2.53 bits per heavy atom. The van der Waals surface area contributed by atoms with Crippen molar-refractivity contribution in [2.24, 2.45) is 10.9 Å². The number of carbonyl (C=O) groups excluding carboxylic acids is 1.